The smallest absolute Gasteiger partial charge is 0.165 e. The van der Waals surface area contributed by atoms with Crippen LogP contribution in [0.3, 0.4) is 0 Å². The van der Waals surface area contributed by atoms with E-state index < -0.39 is 0 Å². The van der Waals surface area contributed by atoms with Crippen LogP contribution in [0.2, 0.25) is 0 Å². The van der Waals surface area contributed by atoms with Gasteiger partial charge in [0.05, 0.1) is 12.4 Å². The summed E-state index contributed by atoms with van der Waals surface area (Å²) < 4.78 is 8.61. The number of benzene rings is 1. The molecule has 2 rings (SSSR count). The van der Waals surface area contributed by atoms with Gasteiger partial charge in [0.25, 0.3) is 0 Å². The topological polar surface area (TPSA) is 39.1 Å². The van der Waals surface area contributed by atoms with Crippen LogP contribution in [0.5, 0.6) is 11.5 Å². The van der Waals surface area contributed by atoms with E-state index in [0.717, 1.165) is 35.5 Å². The molecule has 1 N–H and O–H groups in total. The number of halogens is 1. The Labute approximate surface area is 115 Å². The van der Waals surface area contributed by atoms with E-state index >= 15 is 0 Å². The lowest BCUT2D eigenvalue weighted by atomic mass is 10.3. The fraction of sp³-hybridized carbons (Fsp3) is 0.308. The Bertz CT molecular complexity index is 498. The van der Waals surface area contributed by atoms with Crippen molar-refractivity contribution in [3.63, 3.8) is 0 Å². The first-order chi connectivity index (χ1) is 8.78. The summed E-state index contributed by atoms with van der Waals surface area (Å²) in [6.45, 7) is 1.88. The summed E-state index contributed by atoms with van der Waals surface area (Å²) in [7, 11) is 1.95. The van der Waals surface area contributed by atoms with Crippen molar-refractivity contribution in [3.05, 3.63) is 41.1 Å². The second kappa shape index (κ2) is 6.56. The number of nitrogens with one attached hydrogen (secondary N) is 1. The van der Waals surface area contributed by atoms with Gasteiger partial charge in [0, 0.05) is 11.0 Å². The van der Waals surface area contributed by atoms with Gasteiger partial charge in [0.2, 0.25) is 0 Å². The Morgan fingerprint density at radius 2 is 2.28 bits per heavy atom. The molecule has 0 fully saturated rings. The van der Waals surface area contributed by atoms with Crippen LogP contribution in [0.4, 0.5) is 0 Å². The Morgan fingerprint density at radius 1 is 1.39 bits per heavy atom. The standard InChI is InChI=1S/C13H16BrN3O/c1-15-6-3-7-17-10-13(9-16-17)18-12-5-2-4-11(14)8-12/h2,4-5,8-10,15H,3,6-7H2,1H3. The average molecular weight is 310 g/mol. The third kappa shape index (κ3) is 3.85. The molecule has 0 atom stereocenters. The minimum atomic E-state index is 0.762. The second-order valence-corrected chi connectivity index (χ2v) is 4.87. The number of hydrogen-bond acceptors (Lipinski definition) is 3. The Kier molecular flexibility index (Phi) is 4.78. The highest BCUT2D eigenvalue weighted by molar-refractivity contribution is 9.10. The highest BCUT2D eigenvalue weighted by atomic mass is 79.9. The summed E-state index contributed by atoms with van der Waals surface area (Å²) >= 11 is 3.42. The molecular formula is C13H16BrN3O. The minimum absolute atomic E-state index is 0.762. The van der Waals surface area contributed by atoms with Crippen LogP contribution in [-0.4, -0.2) is 23.4 Å². The lowest BCUT2D eigenvalue weighted by molar-refractivity contribution is 0.479. The first-order valence-corrected chi connectivity index (χ1v) is 6.68. The third-order valence-electron chi connectivity index (χ3n) is 2.46. The van der Waals surface area contributed by atoms with Crippen LogP contribution >= 0.6 is 15.9 Å². The van der Waals surface area contributed by atoms with E-state index in [1.54, 1.807) is 6.20 Å². The summed E-state index contributed by atoms with van der Waals surface area (Å²) in [6.07, 6.45) is 4.70. The number of ether oxygens (including phenoxy) is 1. The Balaban J connectivity index is 1.94. The number of hydrogen-bond donors (Lipinski definition) is 1. The summed E-state index contributed by atoms with van der Waals surface area (Å²) in [5.74, 6) is 1.57. The van der Waals surface area contributed by atoms with Crippen molar-refractivity contribution >= 4 is 15.9 Å². The molecule has 18 heavy (non-hydrogen) atoms. The van der Waals surface area contributed by atoms with E-state index in [2.05, 4.69) is 26.3 Å². The number of aryl methyl sites for hydroxylation is 1. The van der Waals surface area contributed by atoms with Gasteiger partial charge in [0.15, 0.2) is 5.75 Å². The fourth-order valence-electron chi connectivity index (χ4n) is 1.60. The Hall–Kier alpha value is -1.33. The van der Waals surface area contributed by atoms with Gasteiger partial charge < -0.3 is 10.1 Å². The van der Waals surface area contributed by atoms with E-state index in [4.69, 9.17) is 4.74 Å². The molecular weight excluding hydrogens is 294 g/mol. The molecule has 1 heterocycles. The molecule has 0 unspecified atom stereocenters. The van der Waals surface area contributed by atoms with Crippen molar-refractivity contribution in [3.8, 4) is 11.5 Å². The van der Waals surface area contributed by atoms with Gasteiger partial charge in [-0.15, -0.1) is 0 Å². The van der Waals surface area contributed by atoms with Gasteiger partial charge in [-0.1, -0.05) is 22.0 Å². The molecule has 4 nitrogen and oxygen atoms in total. The zero-order valence-electron chi connectivity index (χ0n) is 10.3. The normalized spacial score (nSPS) is 10.6. The SMILES string of the molecule is CNCCCn1cc(Oc2cccc(Br)c2)cn1. The first kappa shape index (κ1) is 13.1. The Morgan fingerprint density at radius 3 is 3.06 bits per heavy atom. The van der Waals surface area contributed by atoms with Crippen LogP contribution in [0.1, 0.15) is 6.42 Å². The number of aromatic nitrogens is 2. The van der Waals surface area contributed by atoms with Crippen LogP contribution in [0.15, 0.2) is 41.1 Å². The van der Waals surface area contributed by atoms with Crippen molar-refractivity contribution in [1.29, 1.82) is 0 Å². The molecule has 0 bridgehead atoms. The lowest BCUT2D eigenvalue weighted by Gasteiger charge is -2.03. The van der Waals surface area contributed by atoms with Gasteiger partial charge in [0.1, 0.15) is 5.75 Å². The monoisotopic (exact) mass is 309 g/mol. The van der Waals surface area contributed by atoms with Crippen LogP contribution in [0, 0.1) is 0 Å². The minimum Gasteiger partial charge on any atom is -0.454 e. The van der Waals surface area contributed by atoms with Crippen LogP contribution in [-0.2, 0) is 6.54 Å². The van der Waals surface area contributed by atoms with Crippen molar-refractivity contribution in [2.75, 3.05) is 13.6 Å². The zero-order valence-corrected chi connectivity index (χ0v) is 11.9. The van der Waals surface area contributed by atoms with Gasteiger partial charge >= 0.3 is 0 Å². The van der Waals surface area contributed by atoms with E-state index in [9.17, 15) is 0 Å². The predicted octanol–water partition coefficient (Wildman–Crippen LogP) is 3.05. The van der Waals surface area contributed by atoms with Crippen molar-refractivity contribution in [1.82, 2.24) is 15.1 Å². The van der Waals surface area contributed by atoms with E-state index in [1.807, 2.05) is 42.2 Å². The molecule has 1 aromatic heterocycles. The average Bonchev–Trinajstić information content (AvgIpc) is 2.77. The van der Waals surface area contributed by atoms with E-state index in [-0.39, 0.29) is 0 Å². The molecule has 1 aromatic carbocycles. The maximum atomic E-state index is 5.72. The fourth-order valence-corrected chi connectivity index (χ4v) is 1.98. The van der Waals surface area contributed by atoms with Gasteiger partial charge in [-0.25, -0.2) is 0 Å². The molecule has 0 aliphatic carbocycles. The molecule has 0 saturated heterocycles. The van der Waals surface area contributed by atoms with Crippen molar-refractivity contribution in [2.24, 2.45) is 0 Å². The molecule has 0 aliphatic rings. The summed E-state index contributed by atoms with van der Waals surface area (Å²) in [4.78, 5) is 0. The molecule has 0 amide bonds. The largest absolute Gasteiger partial charge is 0.454 e. The third-order valence-corrected chi connectivity index (χ3v) is 2.95. The highest BCUT2D eigenvalue weighted by Crippen LogP contribution is 2.23. The van der Waals surface area contributed by atoms with Gasteiger partial charge in [-0.2, -0.15) is 5.10 Å². The van der Waals surface area contributed by atoms with E-state index in [0.29, 0.717) is 0 Å². The van der Waals surface area contributed by atoms with Gasteiger partial charge in [-0.05, 0) is 38.2 Å². The summed E-state index contributed by atoms with van der Waals surface area (Å²) in [6, 6.07) is 7.76. The molecule has 2 aromatic rings. The molecule has 5 heteroatoms. The zero-order chi connectivity index (χ0) is 12.8. The summed E-state index contributed by atoms with van der Waals surface area (Å²) in [5, 5.41) is 7.37. The van der Waals surface area contributed by atoms with Crippen LogP contribution < -0.4 is 10.1 Å². The lowest BCUT2D eigenvalue weighted by Crippen LogP contribution is -2.11. The van der Waals surface area contributed by atoms with Gasteiger partial charge in [-0.3, -0.25) is 4.68 Å². The molecule has 96 valence electrons. The molecule has 0 aliphatic heterocycles. The first-order valence-electron chi connectivity index (χ1n) is 5.88. The van der Waals surface area contributed by atoms with Crippen molar-refractivity contribution in [2.45, 2.75) is 13.0 Å². The summed E-state index contributed by atoms with van der Waals surface area (Å²) in [5.41, 5.74) is 0. The van der Waals surface area contributed by atoms with Crippen molar-refractivity contribution < 1.29 is 4.74 Å². The highest BCUT2D eigenvalue weighted by Gasteiger charge is 2.01. The molecule has 0 saturated carbocycles. The number of nitrogens with zero attached hydrogens (tertiary/aromatic N) is 2. The maximum absolute atomic E-state index is 5.72. The van der Waals surface area contributed by atoms with E-state index in [1.165, 1.54) is 0 Å². The number of rotatable bonds is 6. The quantitative estimate of drug-likeness (QED) is 0.834. The predicted molar refractivity (Wildman–Crippen MR) is 75.0 cm³/mol. The maximum Gasteiger partial charge on any atom is 0.165 e. The van der Waals surface area contributed by atoms with Crippen LogP contribution in [0.25, 0.3) is 0 Å². The molecule has 0 spiro atoms. The second-order valence-electron chi connectivity index (χ2n) is 3.96. The molecule has 0 radical (unpaired) electrons.